The van der Waals surface area contributed by atoms with E-state index >= 15 is 0 Å². The molecule has 3 aromatic rings. The fourth-order valence-corrected chi connectivity index (χ4v) is 4.47. The van der Waals surface area contributed by atoms with E-state index in [-0.39, 0.29) is 17.1 Å². The molecule has 2 amide bonds. The Hall–Kier alpha value is -2.87. The predicted molar refractivity (Wildman–Crippen MR) is 126 cm³/mol. The lowest BCUT2D eigenvalue weighted by Crippen LogP contribution is -2.29. The van der Waals surface area contributed by atoms with Crippen molar-refractivity contribution in [3.8, 4) is 0 Å². The van der Waals surface area contributed by atoms with E-state index in [1.54, 1.807) is 24.3 Å². The molecule has 10 heteroatoms. The van der Waals surface area contributed by atoms with Crippen LogP contribution in [0, 0.1) is 5.82 Å². The smallest absolute Gasteiger partial charge is 0.270 e. The fourth-order valence-electron chi connectivity index (χ4n) is 3.72. The summed E-state index contributed by atoms with van der Waals surface area (Å²) in [5, 5.41) is -0.869. The molecule has 0 aliphatic carbocycles. The Morgan fingerprint density at radius 2 is 1.43 bits per heavy atom. The van der Waals surface area contributed by atoms with Crippen LogP contribution < -0.4 is 0 Å². The highest BCUT2D eigenvalue weighted by molar-refractivity contribution is 6.35. The third-order valence-corrected chi connectivity index (χ3v) is 6.38. The van der Waals surface area contributed by atoms with Gasteiger partial charge in [0.25, 0.3) is 11.8 Å². The van der Waals surface area contributed by atoms with Crippen molar-refractivity contribution in [3.05, 3.63) is 109 Å². The molecule has 1 aliphatic heterocycles. The zero-order valence-electron chi connectivity index (χ0n) is 17.5. The normalized spacial score (nSPS) is 14.7. The molecular formula is C25H14Cl3F4NO2. The summed E-state index contributed by atoms with van der Waals surface area (Å²) >= 11 is 17.7. The highest BCUT2D eigenvalue weighted by Crippen LogP contribution is 2.39. The lowest BCUT2D eigenvalue weighted by molar-refractivity contribution is -0.139. The van der Waals surface area contributed by atoms with E-state index in [0.717, 1.165) is 23.1 Å². The molecule has 1 heterocycles. The Morgan fingerprint density at radius 1 is 0.857 bits per heavy atom. The Labute approximate surface area is 212 Å². The molecule has 0 aromatic heterocycles. The molecular weight excluding hydrogens is 529 g/mol. The Bertz CT molecular complexity index is 1310. The molecule has 0 N–H and O–H groups in total. The van der Waals surface area contributed by atoms with Crippen LogP contribution in [0.3, 0.4) is 0 Å². The largest absolute Gasteiger partial charge is 0.399 e. The quantitative estimate of drug-likeness (QED) is 0.186. The van der Waals surface area contributed by atoms with Crippen molar-refractivity contribution in [2.45, 2.75) is 18.6 Å². The van der Waals surface area contributed by atoms with Crippen molar-refractivity contribution in [2.24, 2.45) is 0 Å². The van der Waals surface area contributed by atoms with Crippen LogP contribution in [0.1, 0.15) is 43.3 Å². The van der Waals surface area contributed by atoms with Gasteiger partial charge < -0.3 is 0 Å². The maximum absolute atomic E-state index is 13.7. The maximum atomic E-state index is 13.7. The summed E-state index contributed by atoms with van der Waals surface area (Å²) in [5.74, 6) is -4.00. The number of alkyl halides is 3. The zero-order chi connectivity index (χ0) is 25.5. The number of imide groups is 1. The van der Waals surface area contributed by atoms with E-state index in [4.69, 9.17) is 34.8 Å². The monoisotopic (exact) mass is 541 g/mol. The number of amides is 2. The standard InChI is InChI=1S/C25H14Cl3F4NO2/c26-19-9-13(6-8-18(25(30,31)32)15-10-20(27)22(29)21(28)11-15)5-7-14(19)12-33-23(34)16-3-1-2-4-17(16)24(33)35/h1-11,18H,12H2. The van der Waals surface area contributed by atoms with Crippen LogP contribution >= 0.6 is 34.8 Å². The van der Waals surface area contributed by atoms with Gasteiger partial charge in [0, 0.05) is 5.02 Å². The van der Waals surface area contributed by atoms with Crippen molar-refractivity contribution in [2.75, 3.05) is 0 Å². The van der Waals surface area contributed by atoms with Crippen LogP contribution in [0.5, 0.6) is 0 Å². The van der Waals surface area contributed by atoms with Crippen LogP contribution in [-0.4, -0.2) is 22.9 Å². The summed E-state index contributed by atoms with van der Waals surface area (Å²) in [6, 6.07) is 12.6. The minimum absolute atomic E-state index is 0.0903. The summed E-state index contributed by atoms with van der Waals surface area (Å²) in [7, 11) is 0. The number of hydrogen-bond donors (Lipinski definition) is 0. The molecule has 0 spiro atoms. The Kier molecular flexibility index (Phi) is 6.95. The molecule has 4 rings (SSSR count). The van der Waals surface area contributed by atoms with Crippen LogP contribution in [0.4, 0.5) is 17.6 Å². The Balaban J connectivity index is 1.57. The average molecular weight is 543 g/mol. The first kappa shape index (κ1) is 25.2. The minimum atomic E-state index is -4.70. The van der Waals surface area contributed by atoms with E-state index in [9.17, 15) is 27.2 Å². The van der Waals surface area contributed by atoms with Gasteiger partial charge >= 0.3 is 6.18 Å². The Morgan fingerprint density at radius 3 is 1.94 bits per heavy atom. The minimum Gasteiger partial charge on any atom is -0.270 e. The van der Waals surface area contributed by atoms with Gasteiger partial charge in [-0.2, -0.15) is 13.2 Å². The topological polar surface area (TPSA) is 37.4 Å². The van der Waals surface area contributed by atoms with Gasteiger partial charge in [-0.25, -0.2) is 4.39 Å². The van der Waals surface area contributed by atoms with E-state index in [2.05, 4.69) is 0 Å². The number of benzene rings is 3. The van der Waals surface area contributed by atoms with Gasteiger partial charge in [0.15, 0.2) is 5.82 Å². The first-order chi connectivity index (χ1) is 16.5. The third kappa shape index (κ3) is 5.08. The molecule has 3 nitrogen and oxygen atoms in total. The van der Waals surface area contributed by atoms with Crippen molar-refractivity contribution in [1.82, 2.24) is 4.90 Å². The summed E-state index contributed by atoms with van der Waals surface area (Å²) in [5.41, 5.74) is 1.07. The van der Waals surface area contributed by atoms with Gasteiger partial charge in [0.2, 0.25) is 0 Å². The lowest BCUT2D eigenvalue weighted by atomic mass is 9.96. The molecule has 35 heavy (non-hydrogen) atoms. The summed E-state index contributed by atoms with van der Waals surface area (Å²) in [6.07, 6.45) is -2.60. The number of hydrogen-bond acceptors (Lipinski definition) is 2. The molecule has 0 fully saturated rings. The zero-order valence-corrected chi connectivity index (χ0v) is 19.8. The van der Waals surface area contributed by atoms with Gasteiger partial charge in [-0.1, -0.05) is 71.2 Å². The summed E-state index contributed by atoms with van der Waals surface area (Å²) < 4.78 is 54.8. The first-order valence-corrected chi connectivity index (χ1v) is 11.2. The number of carbonyl (C=O) groups excluding carboxylic acids is 2. The van der Waals surface area contributed by atoms with E-state index < -0.39 is 39.8 Å². The number of allylic oxidation sites excluding steroid dienone is 1. The van der Waals surface area contributed by atoms with Gasteiger partial charge in [-0.05, 0) is 47.0 Å². The van der Waals surface area contributed by atoms with Gasteiger partial charge in [-0.15, -0.1) is 0 Å². The second-order valence-corrected chi connectivity index (χ2v) is 8.99. The fraction of sp³-hybridized carbons (Fsp3) is 0.120. The number of halogens is 7. The predicted octanol–water partition coefficient (Wildman–Crippen LogP) is 7.94. The second-order valence-electron chi connectivity index (χ2n) is 7.77. The van der Waals surface area contributed by atoms with Crippen LogP contribution in [0.15, 0.2) is 60.7 Å². The third-order valence-electron chi connectivity index (χ3n) is 5.48. The maximum Gasteiger partial charge on any atom is 0.399 e. The molecule has 0 radical (unpaired) electrons. The van der Waals surface area contributed by atoms with Crippen LogP contribution in [0.2, 0.25) is 15.1 Å². The molecule has 0 saturated heterocycles. The number of carbonyl (C=O) groups is 2. The van der Waals surface area contributed by atoms with Crippen molar-refractivity contribution in [3.63, 3.8) is 0 Å². The van der Waals surface area contributed by atoms with E-state index in [1.165, 1.54) is 24.3 Å². The molecule has 180 valence electrons. The molecule has 0 saturated carbocycles. The number of rotatable bonds is 5. The summed E-state index contributed by atoms with van der Waals surface area (Å²) in [4.78, 5) is 26.2. The highest BCUT2D eigenvalue weighted by Gasteiger charge is 2.39. The number of nitrogens with zero attached hydrogens (tertiary/aromatic N) is 1. The van der Waals surface area contributed by atoms with E-state index in [1.807, 2.05) is 0 Å². The second kappa shape index (κ2) is 9.64. The van der Waals surface area contributed by atoms with E-state index in [0.29, 0.717) is 22.3 Å². The molecule has 3 aromatic carbocycles. The lowest BCUT2D eigenvalue weighted by Gasteiger charge is -2.18. The number of fused-ring (bicyclic) bond motifs is 1. The first-order valence-electron chi connectivity index (χ1n) is 10.1. The van der Waals surface area contributed by atoms with Gasteiger partial charge in [0.05, 0.1) is 33.6 Å². The molecule has 1 unspecified atom stereocenters. The molecule has 1 atom stereocenters. The van der Waals surface area contributed by atoms with Crippen molar-refractivity contribution in [1.29, 1.82) is 0 Å². The highest BCUT2D eigenvalue weighted by atomic mass is 35.5. The van der Waals surface area contributed by atoms with Crippen LogP contribution in [0.25, 0.3) is 6.08 Å². The van der Waals surface area contributed by atoms with Gasteiger partial charge in [0.1, 0.15) is 0 Å². The van der Waals surface area contributed by atoms with Crippen molar-refractivity contribution < 1.29 is 27.2 Å². The van der Waals surface area contributed by atoms with Gasteiger partial charge in [-0.3, -0.25) is 14.5 Å². The molecule has 0 bridgehead atoms. The SMILES string of the molecule is O=C1c2ccccc2C(=O)N1Cc1ccc(C=CC(c2cc(Cl)c(F)c(Cl)c2)C(F)(F)F)cc1Cl. The van der Waals surface area contributed by atoms with Crippen LogP contribution in [-0.2, 0) is 6.54 Å². The average Bonchev–Trinajstić information content (AvgIpc) is 3.03. The molecule has 1 aliphatic rings. The summed E-state index contributed by atoms with van der Waals surface area (Å²) in [6.45, 7) is -0.0903. The van der Waals surface area contributed by atoms with Crippen molar-refractivity contribution >= 4 is 52.7 Å².